The number of aromatic nitrogens is 1. The Morgan fingerprint density at radius 2 is 1.95 bits per heavy atom. The minimum atomic E-state index is -2.66. The van der Waals surface area contributed by atoms with E-state index in [4.69, 9.17) is 11.6 Å². The lowest BCUT2D eigenvalue weighted by molar-refractivity contribution is -0.0495. The number of carbonyl (C=O) groups excluding carboxylic acids is 1. The molecule has 0 atom stereocenters. The molecule has 0 bridgehead atoms. The summed E-state index contributed by atoms with van der Waals surface area (Å²) in [6.07, 6.45) is -0.573. The molecule has 1 fully saturated rings. The van der Waals surface area contributed by atoms with Gasteiger partial charge >= 0.3 is 0 Å². The van der Waals surface area contributed by atoms with Crippen LogP contribution in [0.1, 0.15) is 23.3 Å². The number of likely N-dealkylation sites (tertiary alicyclic amines) is 1. The van der Waals surface area contributed by atoms with Crippen LogP contribution in [-0.2, 0) is 0 Å². The van der Waals surface area contributed by atoms with E-state index < -0.39 is 5.92 Å². The summed E-state index contributed by atoms with van der Waals surface area (Å²) in [7, 11) is 0. The van der Waals surface area contributed by atoms with Gasteiger partial charge in [-0.2, -0.15) is 0 Å². The normalized spacial score (nSPS) is 18.2. The highest BCUT2D eigenvalue weighted by Gasteiger charge is 2.36. The van der Waals surface area contributed by atoms with Crippen LogP contribution in [0.2, 0.25) is 5.02 Å². The standard InChI is InChI=1S/C14H12BrClF2N2O/c15-9-5-8-6-11(19-12(8)10(16)7-9)13(21)20-3-1-14(17,18)2-4-20/h5-7,19H,1-4H2. The fourth-order valence-electron chi connectivity index (χ4n) is 2.49. The molecule has 0 unspecified atom stereocenters. The van der Waals surface area contributed by atoms with Crippen LogP contribution in [-0.4, -0.2) is 34.8 Å². The van der Waals surface area contributed by atoms with Crippen molar-refractivity contribution < 1.29 is 13.6 Å². The number of hydrogen-bond donors (Lipinski definition) is 1. The zero-order valence-corrected chi connectivity index (χ0v) is 13.3. The van der Waals surface area contributed by atoms with Gasteiger partial charge in [-0.1, -0.05) is 27.5 Å². The quantitative estimate of drug-likeness (QED) is 0.783. The number of fused-ring (bicyclic) bond motifs is 1. The van der Waals surface area contributed by atoms with Gasteiger partial charge in [0.1, 0.15) is 5.69 Å². The number of hydrogen-bond acceptors (Lipinski definition) is 1. The molecule has 1 aromatic carbocycles. The fraction of sp³-hybridized carbons (Fsp3) is 0.357. The zero-order chi connectivity index (χ0) is 15.2. The lowest BCUT2D eigenvalue weighted by Crippen LogP contribution is -2.42. The number of H-pyrrole nitrogens is 1. The van der Waals surface area contributed by atoms with Crippen LogP contribution < -0.4 is 0 Å². The summed E-state index contributed by atoms with van der Waals surface area (Å²) in [6, 6.07) is 5.27. The van der Waals surface area contributed by atoms with Gasteiger partial charge < -0.3 is 9.88 Å². The molecule has 0 aliphatic carbocycles. The highest BCUT2D eigenvalue weighted by atomic mass is 79.9. The number of nitrogens with one attached hydrogen (secondary N) is 1. The third-order valence-electron chi connectivity index (χ3n) is 3.66. The predicted molar refractivity (Wildman–Crippen MR) is 81.1 cm³/mol. The van der Waals surface area contributed by atoms with Crippen molar-refractivity contribution >= 4 is 44.3 Å². The first-order valence-electron chi connectivity index (χ1n) is 6.51. The molecule has 1 N–H and O–H groups in total. The van der Waals surface area contributed by atoms with Crippen molar-refractivity contribution in [1.29, 1.82) is 0 Å². The molecule has 0 saturated carbocycles. The first-order chi connectivity index (χ1) is 9.85. The number of alkyl halides is 2. The Morgan fingerprint density at radius 3 is 2.62 bits per heavy atom. The number of halogens is 4. The molecule has 2 heterocycles. The number of nitrogens with zero attached hydrogens (tertiary/aromatic N) is 1. The number of piperidine rings is 1. The number of carbonyl (C=O) groups is 1. The van der Waals surface area contributed by atoms with E-state index in [-0.39, 0.29) is 31.8 Å². The molecule has 3 nitrogen and oxygen atoms in total. The van der Waals surface area contributed by atoms with Crippen LogP contribution in [0.15, 0.2) is 22.7 Å². The molecule has 1 amide bonds. The van der Waals surface area contributed by atoms with Crippen molar-refractivity contribution in [1.82, 2.24) is 9.88 Å². The van der Waals surface area contributed by atoms with Crippen LogP contribution >= 0.6 is 27.5 Å². The van der Waals surface area contributed by atoms with Crippen LogP contribution in [0.5, 0.6) is 0 Å². The highest BCUT2D eigenvalue weighted by molar-refractivity contribution is 9.10. The lowest BCUT2D eigenvalue weighted by Gasteiger charge is -2.31. The Balaban J connectivity index is 1.87. The minimum Gasteiger partial charge on any atom is -0.349 e. The maximum absolute atomic E-state index is 13.1. The second kappa shape index (κ2) is 5.25. The van der Waals surface area contributed by atoms with Crippen LogP contribution in [0, 0.1) is 0 Å². The first-order valence-corrected chi connectivity index (χ1v) is 7.68. The molecule has 2 aromatic rings. The van der Waals surface area contributed by atoms with E-state index in [1.807, 2.05) is 6.07 Å². The molecule has 1 saturated heterocycles. The van der Waals surface area contributed by atoms with Gasteiger partial charge in [0.25, 0.3) is 11.8 Å². The minimum absolute atomic E-state index is 0.0681. The van der Waals surface area contributed by atoms with Crippen molar-refractivity contribution in [3.05, 3.63) is 33.4 Å². The topological polar surface area (TPSA) is 36.1 Å². The molecular formula is C14H12BrClF2N2O. The Bertz CT molecular complexity index is 706. The summed E-state index contributed by atoms with van der Waals surface area (Å²) in [6.45, 7) is 0.136. The Morgan fingerprint density at radius 1 is 1.29 bits per heavy atom. The van der Waals surface area contributed by atoms with Crippen molar-refractivity contribution in [3.63, 3.8) is 0 Å². The Hall–Kier alpha value is -1.14. The highest BCUT2D eigenvalue weighted by Crippen LogP contribution is 2.31. The van der Waals surface area contributed by atoms with Gasteiger partial charge in [-0.15, -0.1) is 0 Å². The average molecular weight is 378 g/mol. The molecule has 21 heavy (non-hydrogen) atoms. The van der Waals surface area contributed by atoms with E-state index in [9.17, 15) is 13.6 Å². The summed E-state index contributed by atoms with van der Waals surface area (Å²) < 4.78 is 27.1. The number of aromatic amines is 1. The van der Waals surface area contributed by atoms with Gasteiger partial charge in [-0.05, 0) is 18.2 Å². The number of rotatable bonds is 1. The molecular weight excluding hydrogens is 366 g/mol. The average Bonchev–Trinajstić information content (AvgIpc) is 2.82. The molecule has 3 rings (SSSR count). The van der Waals surface area contributed by atoms with Crippen LogP contribution in [0.4, 0.5) is 8.78 Å². The first kappa shape index (κ1) is 14.8. The lowest BCUT2D eigenvalue weighted by atomic mass is 10.1. The van der Waals surface area contributed by atoms with Crippen molar-refractivity contribution in [2.45, 2.75) is 18.8 Å². The molecule has 0 spiro atoms. The Labute approximate surface area is 133 Å². The summed E-state index contributed by atoms with van der Waals surface area (Å²) in [5.74, 6) is -2.93. The van der Waals surface area contributed by atoms with E-state index in [1.54, 1.807) is 12.1 Å². The number of amides is 1. The van der Waals surface area contributed by atoms with E-state index in [0.717, 1.165) is 9.86 Å². The second-order valence-electron chi connectivity index (χ2n) is 5.18. The maximum Gasteiger partial charge on any atom is 0.270 e. The van der Waals surface area contributed by atoms with Crippen LogP contribution in [0.3, 0.4) is 0 Å². The summed E-state index contributed by atoms with van der Waals surface area (Å²) in [5.41, 5.74) is 1.04. The van der Waals surface area contributed by atoms with Crippen LogP contribution in [0.25, 0.3) is 10.9 Å². The maximum atomic E-state index is 13.1. The van der Waals surface area contributed by atoms with Gasteiger partial charge in [0.2, 0.25) is 0 Å². The summed E-state index contributed by atoms with van der Waals surface area (Å²) >= 11 is 9.46. The van der Waals surface area contributed by atoms with Gasteiger partial charge in [0.05, 0.1) is 10.5 Å². The monoisotopic (exact) mass is 376 g/mol. The third kappa shape index (κ3) is 2.92. The predicted octanol–water partition coefficient (Wildman–Crippen LogP) is 4.46. The molecule has 1 aliphatic rings. The van der Waals surface area contributed by atoms with Crippen molar-refractivity contribution in [3.8, 4) is 0 Å². The third-order valence-corrected chi connectivity index (χ3v) is 4.41. The van der Waals surface area contributed by atoms with Gasteiger partial charge in [0, 0.05) is 35.8 Å². The van der Waals surface area contributed by atoms with Crippen molar-refractivity contribution in [2.75, 3.05) is 13.1 Å². The zero-order valence-electron chi connectivity index (χ0n) is 10.9. The molecule has 0 radical (unpaired) electrons. The molecule has 1 aliphatic heterocycles. The van der Waals surface area contributed by atoms with Crippen molar-refractivity contribution in [2.24, 2.45) is 0 Å². The fourth-order valence-corrected chi connectivity index (χ4v) is 3.37. The van der Waals surface area contributed by atoms with E-state index in [2.05, 4.69) is 20.9 Å². The van der Waals surface area contributed by atoms with E-state index >= 15 is 0 Å². The van der Waals surface area contributed by atoms with Gasteiger partial charge in [-0.3, -0.25) is 4.79 Å². The van der Waals surface area contributed by atoms with Gasteiger partial charge in [0.15, 0.2) is 0 Å². The largest absolute Gasteiger partial charge is 0.349 e. The summed E-state index contributed by atoms with van der Waals surface area (Å²) in [5, 5.41) is 1.31. The van der Waals surface area contributed by atoms with E-state index in [1.165, 1.54) is 4.90 Å². The van der Waals surface area contributed by atoms with Gasteiger partial charge in [-0.25, -0.2) is 8.78 Å². The number of benzene rings is 1. The molecule has 7 heteroatoms. The SMILES string of the molecule is O=C(c1cc2cc(Br)cc(Cl)c2[nH]1)N1CCC(F)(F)CC1. The molecule has 1 aromatic heterocycles. The summed E-state index contributed by atoms with van der Waals surface area (Å²) in [4.78, 5) is 16.8. The Kier molecular flexibility index (Phi) is 3.69. The second-order valence-corrected chi connectivity index (χ2v) is 6.51. The molecule has 112 valence electrons. The van der Waals surface area contributed by atoms with E-state index in [0.29, 0.717) is 16.2 Å². The smallest absolute Gasteiger partial charge is 0.270 e.